The third-order valence-corrected chi connectivity index (χ3v) is 3.86. The lowest BCUT2D eigenvalue weighted by atomic mass is 10.2. The summed E-state index contributed by atoms with van der Waals surface area (Å²) in [5.41, 5.74) is 0.0375. The Morgan fingerprint density at radius 3 is 2.47 bits per heavy atom. The van der Waals surface area contributed by atoms with E-state index in [0.717, 1.165) is 9.78 Å². The van der Waals surface area contributed by atoms with Crippen LogP contribution in [0.15, 0.2) is 6.07 Å². The van der Waals surface area contributed by atoms with Crippen LogP contribution >= 0.6 is 11.3 Å². The predicted octanol–water partition coefficient (Wildman–Crippen LogP) is 1.66. The fourth-order valence-electron chi connectivity index (χ4n) is 1.73. The second kappa shape index (κ2) is 4.29. The maximum atomic E-state index is 11.6. The highest BCUT2D eigenvalue weighted by Gasteiger charge is 2.34. The van der Waals surface area contributed by atoms with Gasteiger partial charge in [-0.3, -0.25) is 9.59 Å². The van der Waals surface area contributed by atoms with Crippen molar-refractivity contribution in [2.75, 3.05) is 4.90 Å². The van der Waals surface area contributed by atoms with Gasteiger partial charge in [0.1, 0.15) is 5.00 Å². The Morgan fingerprint density at radius 2 is 2.00 bits per heavy atom. The summed E-state index contributed by atoms with van der Waals surface area (Å²) in [4.78, 5) is 36.1. The molecule has 0 unspecified atom stereocenters. The first kappa shape index (κ1) is 11.8. The van der Waals surface area contributed by atoms with Crippen molar-refractivity contribution in [3.63, 3.8) is 0 Å². The Hall–Kier alpha value is -1.69. The zero-order valence-corrected chi connectivity index (χ0v) is 10.0. The number of carbonyl (C=O) groups is 3. The first-order valence-electron chi connectivity index (χ1n) is 5.26. The number of aromatic carboxylic acids is 1. The van der Waals surface area contributed by atoms with Crippen molar-refractivity contribution in [1.82, 2.24) is 0 Å². The van der Waals surface area contributed by atoms with Crippen LogP contribution in [0.2, 0.25) is 0 Å². The molecule has 0 spiro atoms. The van der Waals surface area contributed by atoms with Crippen LogP contribution in [0.4, 0.5) is 5.00 Å². The lowest BCUT2D eigenvalue weighted by Crippen LogP contribution is -2.29. The molecule has 1 aliphatic heterocycles. The molecular weight excluding hydrogens is 242 g/mol. The molecule has 0 aromatic carbocycles. The number of hydrogen-bond donors (Lipinski definition) is 1. The van der Waals surface area contributed by atoms with Crippen molar-refractivity contribution in [1.29, 1.82) is 0 Å². The molecule has 0 saturated carbocycles. The number of hydrogen-bond acceptors (Lipinski definition) is 4. The number of carboxylic acids is 1. The van der Waals surface area contributed by atoms with E-state index in [2.05, 4.69) is 0 Å². The number of aryl methyl sites for hydroxylation is 1. The number of rotatable bonds is 3. The minimum atomic E-state index is -1.11. The molecule has 6 heteroatoms. The number of imide groups is 1. The van der Waals surface area contributed by atoms with Gasteiger partial charge >= 0.3 is 5.97 Å². The Balaban J connectivity index is 2.50. The van der Waals surface area contributed by atoms with Crippen LogP contribution in [0.25, 0.3) is 0 Å². The Kier molecular flexibility index (Phi) is 2.97. The van der Waals surface area contributed by atoms with E-state index in [4.69, 9.17) is 5.11 Å². The molecule has 0 bridgehead atoms. The van der Waals surface area contributed by atoms with Crippen LogP contribution in [0.1, 0.15) is 35.0 Å². The molecule has 1 fully saturated rings. The fourth-order valence-corrected chi connectivity index (χ4v) is 2.85. The van der Waals surface area contributed by atoms with Gasteiger partial charge < -0.3 is 5.11 Å². The molecule has 0 aliphatic carbocycles. The molecule has 0 radical (unpaired) electrons. The molecule has 1 aromatic heterocycles. The lowest BCUT2D eigenvalue weighted by Gasteiger charge is -2.11. The normalized spacial score (nSPS) is 15.7. The Bertz CT molecular complexity index is 490. The molecule has 1 N–H and O–H groups in total. The van der Waals surface area contributed by atoms with Crippen molar-refractivity contribution < 1.29 is 19.5 Å². The van der Waals surface area contributed by atoms with Gasteiger partial charge in [-0.2, -0.15) is 0 Å². The molecule has 2 heterocycles. The van der Waals surface area contributed by atoms with E-state index in [1.54, 1.807) is 0 Å². The fraction of sp³-hybridized carbons (Fsp3) is 0.364. The van der Waals surface area contributed by atoms with E-state index in [9.17, 15) is 14.4 Å². The van der Waals surface area contributed by atoms with Crippen molar-refractivity contribution in [2.24, 2.45) is 0 Å². The highest BCUT2D eigenvalue weighted by molar-refractivity contribution is 7.17. The highest BCUT2D eigenvalue weighted by atomic mass is 32.1. The topological polar surface area (TPSA) is 74.7 Å². The molecule has 2 amide bonds. The number of amides is 2. The summed E-state index contributed by atoms with van der Waals surface area (Å²) in [6.45, 7) is 1.90. The van der Waals surface area contributed by atoms with Gasteiger partial charge in [0, 0.05) is 17.7 Å². The van der Waals surface area contributed by atoms with Crippen molar-refractivity contribution in [3.05, 3.63) is 16.5 Å². The number of thiophene rings is 1. The van der Waals surface area contributed by atoms with Gasteiger partial charge in [-0.05, 0) is 12.5 Å². The molecule has 90 valence electrons. The van der Waals surface area contributed by atoms with Crippen LogP contribution in [0.5, 0.6) is 0 Å². The van der Waals surface area contributed by atoms with Crippen LogP contribution in [-0.2, 0) is 16.0 Å². The third-order valence-electron chi connectivity index (χ3n) is 2.60. The van der Waals surface area contributed by atoms with E-state index < -0.39 is 5.97 Å². The summed E-state index contributed by atoms with van der Waals surface area (Å²) < 4.78 is 0. The monoisotopic (exact) mass is 253 g/mol. The van der Waals surface area contributed by atoms with E-state index in [1.807, 2.05) is 6.92 Å². The first-order valence-corrected chi connectivity index (χ1v) is 6.08. The largest absolute Gasteiger partial charge is 0.478 e. The van der Waals surface area contributed by atoms with Crippen molar-refractivity contribution in [3.8, 4) is 0 Å². The van der Waals surface area contributed by atoms with E-state index in [1.165, 1.54) is 17.4 Å². The van der Waals surface area contributed by atoms with Gasteiger partial charge in [-0.15, -0.1) is 11.3 Å². The summed E-state index contributed by atoms with van der Waals surface area (Å²) in [5.74, 6) is -1.74. The lowest BCUT2D eigenvalue weighted by molar-refractivity contribution is -0.121. The van der Waals surface area contributed by atoms with Gasteiger partial charge in [0.05, 0.1) is 5.56 Å². The van der Waals surface area contributed by atoms with Crippen molar-refractivity contribution >= 4 is 34.1 Å². The second-order valence-electron chi connectivity index (χ2n) is 3.71. The summed E-state index contributed by atoms with van der Waals surface area (Å²) in [7, 11) is 0. The van der Waals surface area contributed by atoms with E-state index in [0.29, 0.717) is 6.42 Å². The first-order chi connectivity index (χ1) is 8.04. The van der Waals surface area contributed by atoms with Gasteiger partial charge in [-0.25, -0.2) is 9.69 Å². The van der Waals surface area contributed by atoms with Gasteiger partial charge in [0.2, 0.25) is 11.8 Å². The van der Waals surface area contributed by atoms with Gasteiger partial charge in [-0.1, -0.05) is 6.92 Å². The van der Waals surface area contributed by atoms with Crippen LogP contribution < -0.4 is 4.90 Å². The number of carbonyl (C=O) groups excluding carboxylic acids is 2. The second-order valence-corrected chi connectivity index (χ2v) is 4.83. The number of nitrogens with zero attached hydrogens (tertiary/aromatic N) is 1. The Morgan fingerprint density at radius 1 is 1.41 bits per heavy atom. The standard InChI is InChI=1S/C11H11NO4S/c1-2-6-5-7(11(15)16)10(17-6)12-8(13)3-4-9(12)14/h5H,2-4H2,1H3,(H,15,16). The average Bonchev–Trinajstić information content (AvgIpc) is 2.82. The molecule has 5 nitrogen and oxygen atoms in total. The predicted molar refractivity (Wildman–Crippen MR) is 62.4 cm³/mol. The third kappa shape index (κ3) is 1.95. The minimum Gasteiger partial charge on any atom is -0.478 e. The van der Waals surface area contributed by atoms with Crippen LogP contribution in [0, 0.1) is 0 Å². The maximum Gasteiger partial charge on any atom is 0.338 e. The quantitative estimate of drug-likeness (QED) is 0.831. The molecular formula is C11H11NO4S. The highest BCUT2D eigenvalue weighted by Crippen LogP contribution is 2.35. The SMILES string of the molecule is CCc1cc(C(=O)O)c(N2C(=O)CCC2=O)s1. The number of carboxylic acid groups (broad SMARTS) is 1. The summed E-state index contributed by atoms with van der Waals surface area (Å²) >= 11 is 1.20. The summed E-state index contributed by atoms with van der Waals surface area (Å²) in [5, 5.41) is 9.32. The minimum absolute atomic E-state index is 0.0375. The summed E-state index contributed by atoms with van der Waals surface area (Å²) in [6.07, 6.45) is 1.01. The maximum absolute atomic E-state index is 11.6. The smallest absolute Gasteiger partial charge is 0.338 e. The molecule has 1 aromatic rings. The average molecular weight is 253 g/mol. The molecule has 2 rings (SSSR count). The molecule has 0 atom stereocenters. The zero-order valence-electron chi connectivity index (χ0n) is 9.23. The molecule has 17 heavy (non-hydrogen) atoms. The molecule has 1 saturated heterocycles. The van der Waals surface area contributed by atoms with Crippen molar-refractivity contribution in [2.45, 2.75) is 26.2 Å². The zero-order chi connectivity index (χ0) is 12.6. The van der Waals surface area contributed by atoms with Crippen LogP contribution in [-0.4, -0.2) is 22.9 Å². The van der Waals surface area contributed by atoms with E-state index >= 15 is 0 Å². The van der Waals surface area contributed by atoms with Gasteiger partial charge in [0.25, 0.3) is 0 Å². The van der Waals surface area contributed by atoms with Gasteiger partial charge in [0.15, 0.2) is 0 Å². The Labute approximate surface area is 102 Å². The summed E-state index contributed by atoms with van der Waals surface area (Å²) in [6, 6.07) is 1.53. The van der Waals surface area contributed by atoms with Crippen LogP contribution in [0.3, 0.4) is 0 Å². The molecule has 1 aliphatic rings. The van der Waals surface area contributed by atoms with E-state index in [-0.39, 0.29) is 35.2 Å². The number of anilines is 1.